The number of para-hydroxylation sites is 1. The van der Waals surface area contributed by atoms with E-state index < -0.39 is 0 Å². The molecule has 0 spiro atoms. The second-order valence-electron chi connectivity index (χ2n) is 6.81. The summed E-state index contributed by atoms with van der Waals surface area (Å²) in [4.78, 5) is 19.2. The van der Waals surface area contributed by atoms with E-state index >= 15 is 0 Å². The Labute approximate surface area is 148 Å². The summed E-state index contributed by atoms with van der Waals surface area (Å²) in [7, 11) is 0. The number of carbonyl (C=O) groups excluding carboxylic acids is 1. The van der Waals surface area contributed by atoms with Crippen molar-refractivity contribution < 1.29 is 9.53 Å². The van der Waals surface area contributed by atoms with E-state index in [-0.39, 0.29) is 18.1 Å². The number of nitrogens with zero attached hydrogens (tertiary/aromatic N) is 2. The molecule has 1 N–H and O–H groups in total. The monoisotopic (exact) mass is 337 g/mol. The molecule has 0 radical (unpaired) electrons. The van der Waals surface area contributed by atoms with Crippen LogP contribution in [0.2, 0.25) is 0 Å². The molecule has 2 aromatic rings. The fraction of sp³-hybridized carbons (Fsp3) is 0.400. The standard InChI is InChI=1S/C20H23N3O2/c1-14-11-15-5-2-3-7-19(15)23(14)20(24)18-9-8-16(12-22-18)21-13-17-6-4-10-25-17/h2-3,5,7-9,12,14,17,21H,4,6,10-11,13H2,1H3. The fourth-order valence-corrected chi connectivity index (χ4v) is 3.66. The van der Waals surface area contributed by atoms with Gasteiger partial charge in [0.2, 0.25) is 0 Å². The molecule has 0 aliphatic carbocycles. The third kappa shape index (κ3) is 3.24. The van der Waals surface area contributed by atoms with E-state index in [4.69, 9.17) is 4.74 Å². The molecule has 130 valence electrons. The molecule has 2 unspecified atom stereocenters. The molecule has 1 aromatic carbocycles. The highest BCUT2D eigenvalue weighted by Gasteiger charge is 2.31. The molecule has 5 heteroatoms. The molecule has 0 bridgehead atoms. The SMILES string of the molecule is CC1Cc2ccccc2N1C(=O)c1ccc(NCC2CCCO2)cn1. The first-order valence-corrected chi connectivity index (χ1v) is 8.95. The summed E-state index contributed by atoms with van der Waals surface area (Å²) in [6.07, 6.45) is 5.14. The van der Waals surface area contributed by atoms with Crippen molar-refractivity contribution in [1.29, 1.82) is 0 Å². The van der Waals surface area contributed by atoms with Gasteiger partial charge in [0.25, 0.3) is 5.91 Å². The number of pyridine rings is 1. The highest BCUT2D eigenvalue weighted by molar-refractivity contribution is 6.06. The Morgan fingerprint density at radius 3 is 2.96 bits per heavy atom. The third-order valence-corrected chi connectivity index (χ3v) is 4.97. The van der Waals surface area contributed by atoms with E-state index in [1.165, 1.54) is 5.56 Å². The number of anilines is 2. The van der Waals surface area contributed by atoms with Gasteiger partial charge in [-0.2, -0.15) is 0 Å². The van der Waals surface area contributed by atoms with Gasteiger partial charge in [-0.15, -0.1) is 0 Å². The number of aromatic nitrogens is 1. The van der Waals surface area contributed by atoms with Crippen molar-refractivity contribution in [2.45, 2.75) is 38.3 Å². The minimum absolute atomic E-state index is 0.0388. The summed E-state index contributed by atoms with van der Waals surface area (Å²) in [5.74, 6) is -0.0388. The van der Waals surface area contributed by atoms with Crippen molar-refractivity contribution in [3.63, 3.8) is 0 Å². The first-order valence-electron chi connectivity index (χ1n) is 8.95. The minimum atomic E-state index is -0.0388. The van der Waals surface area contributed by atoms with Crippen molar-refractivity contribution in [2.24, 2.45) is 0 Å². The van der Waals surface area contributed by atoms with Gasteiger partial charge in [-0.05, 0) is 49.9 Å². The maximum atomic E-state index is 12.9. The van der Waals surface area contributed by atoms with Crippen LogP contribution in [-0.4, -0.2) is 36.2 Å². The number of hydrogen-bond acceptors (Lipinski definition) is 4. The Balaban J connectivity index is 1.45. The largest absolute Gasteiger partial charge is 0.381 e. The van der Waals surface area contributed by atoms with E-state index in [0.717, 1.165) is 43.8 Å². The molecule has 1 amide bonds. The van der Waals surface area contributed by atoms with Gasteiger partial charge in [-0.3, -0.25) is 4.79 Å². The summed E-state index contributed by atoms with van der Waals surface area (Å²) in [6.45, 7) is 3.72. The van der Waals surface area contributed by atoms with Crippen LogP contribution < -0.4 is 10.2 Å². The molecule has 1 saturated heterocycles. The Hall–Kier alpha value is -2.40. The number of hydrogen-bond donors (Lipinski definition) is 1. The molecular weight excluding hydrogens is 314 g/mol. The van der Waals surface area contributed by atoms with E-state index in [2.05, 4.69) is 23.3 Å². The smallest absolute Gasteiger partial charge is 0.277 e. The van der Waals surface area contributed by atoms with Gasteiger partial charge in [-0.25, -0.2) is 4.98 Å². The molecule has 2 aliphatic heterocycles. The van der Waals surface area contributed by atoms with Crippen molar-refractivity contribution in [3.8, 4) is 0 Å². The molecular formula is C20H23N3O2. The van der Waals surface area contributed by atoms with Gasteiger partial charge >= 0.3 is 0 Å². The Morgan fingerprint density at radius 1 is 1.32 bits per heavy atom. The number of rotatable bonds is 4. The predicted molar refractivity (Wildman–Crippen MR) is 98.1 cm³/mol. The van der Waals surface area contributed by atoms with Gasteiger partial charge in [-0.1, -0.05) is 18.2 Å². The van der Waals surface area contributed by atoms with Crippen LogP contribution >= 0.6 is 0 Å². The number of amides is 1. The van der Waals surface area contributed by atoms with Crippen molar-refractivity contribution in [3.05, 3.63) is 53.9 Å². The lowest BCUT2D eigenvalue weighted by molar-refractivity contribution is 0.0976. The van der Waals surface area contributed by atoms with Crippen molar-refractivity contribution >= 4 is 17.3 Å². The Kier molecular flexibility index (Phi) is 4.40. The Morgan fingerprint density at radius 2 is 2.20 bits per heavy atom. The van der Waals surface area contributed by atoms with Gasteiger partial charge in [0.05, 0.1) is 18.0 Å². The molecule has 1 aromatic heterocycles. The van der Waals surface area contributed by atoms with E-state index in [1.807, 2.05) is 29.2 Å². The number of nitrogens with one attached hydrogen (secondary N) is 1. The third-order valence-electron chi connectivity index (χ3n) is 4.97. The molecule has 0 saturated carbocycles. The van der Waals surface area contributed by atoms with Crippen LogP contribution in [0.1, 0.15) is 35.8 Å². The lowest BCUT2D eigenvalue weighted by Crippen LogP contribution is -2.36. The zero-order chi connectivity index (χ0) is 17.2. The number of carbonyl (C=O) groups is 1. The molecule has 2 atom stereocenters. The molecule has 5 nitrogen and oxygen atoms in total. The normalized spacial score (nSPS) is 22.0. The van der Waals surface area contributed by atoms with Crippen LogP contribution in [0.4, 0.5) is 11.4 Å². The molecule has 1 fully saturated rings. The van der Waals surface area contributed by atoms with Gasteiger partial charge in [0.15, 0.2) is 0 Å². The lowest BCUT2D eigenvalue weighted by atomic mass is 10.1. The van der Waals surface area contributed by atoms with Crippen LogP contribution in [0.25, 0.3) is 0 Å². The predicted octanol–water partition coefficient (Wildman–Crippen LogP) is 3.26. The zero-order valence-corrected chi connectivity index (χ0v) is 14.4. The second kappa shape index (κ2) is 6.84. The van der Waals surface area contributed by atoms with Crippen LogP contribution in [0.5, 0.6) is 0 Å². The number of fused-ring (bicyclic) bond motifs is 1. The number of ether oxygens (including phenoxy) is 1. The van der Waals surface area contributed by atoms with Gasteiger partial charge < -0.3 is 15.0 Å². The summed E-state index contributed by atoms with van der Waals surface area (Å²) >= 11 is 0. The first-order chi connectivity index (χ1) is 12.2. The first kappa shape index (κ1) is 16.1. The maximum Gasteiger partial charge on any atom is 0.277 e. The van der Waals surface area contributed by atoms with E-state index in [9.17, 15) is 4.79 Å². The van der Waals surface area contributed by atoms with Crippen molar-refractivity contribution in [2.75, 3.05) is 23.4 Å². The molecule has 25 heavy (non-hydrogen) atoms. The topological polar surface area (TPSA) is 54.5 Å². The maximum absolute atomic E-state index is 12.9. The average molecular weight is 337 g/mol. The average Bonchev–Trinajstić information content (AvgIpc) is 3.26. The molecule has 2 aliphatic rings. The fourth-order valence-electron chi connectivity index (χ4n) is 3.66. The second-order valence-corrected chi connectivity index (χ2v) is 6.81. The highest BCUT2D eigenvalue weighted by atomic mass is 16.5. The van der Waals surface area contributed by atoms with Gasteiger partial charge in [0, 0.05) is 24.9 Å². The Bertz CT molecular complexity index is 754. The van der Waals surface area contributed by atoms with Crippen LogP contribution in [0, 0.1) is 0 Å². The van der Waals surface area contributed by atoms with Gasteiger partial charge in [0.1, 0.15) is 5.69 Å². The minimum Gasteiger partial charge on any atom is -0.381 e. The molecule has 3 heterocycles. The van der Waals surface area contributed by atoms with Crippen LogP contribution in [0.15, 0.2) is 42.6 Å². The summed E-state index contributed by atoms with van der Waals surface area (Å²) in [6, 6.07) is 12.0. The lowest BCUT2D eigenvalue weighted by Gasteiger charge is -2.22. The van der Waals surface area contributed by atoms with Crippen LogP contribution in [0.3, 0.4) is 0 Å². The highest BCUT2D eigenvalue weighted by Crippen LogP contribution is 2.32. The number of benzene rings is 1. The summed E-state index contributed by atoms with van der Waals surface area (Å²) in [5, 5.41) is 3.33. The quantitative estimate of drug-likeness (QED) is 0.930. The van der Waals surface area contributed by atoms with E-state index in [1.54, 1.807) is 12.3 Å². The molecule has 4 rings (SSSR count). The van der Waals surface area contributed by atoms with E-state index in [0.29, 0.717) is 5.69 Å². The van der Waals surface area contributed by atoms with Crippen molar-refractivity contribution in [1.82, 2.24) is 4.98 Å². The summed E-state index contributed by atoms with van der Waals surface area (Å²) in [5.41, 5.74) is 3.62. The zero-order valence-electron chi connectivity index (χ0n) is 14.4. The van der Waals surface area contributed by atoms with Crippen LogP contribution in [-0.2, 0) is 11.2 Å². The summed E-state index contributed by atoms with van der Waals surface area (Å²) < 4.78 is 5.61.